The van der Waals surface area contributed by atoms with Gasteiger partial charge in [0.05, 0.1) is 17.7 Å². The number of nitrogens with zero attached hydrogens (tertiary/aromatic N) is 2. The number of hydrogen-bond donors (Lipinski definition) is 2. The number of pyridine rings is 1. The van der Waals surface area contributed by atoms with E-state index in [9.17, 15) is 13.2 Å². The Morgan fingerprint density at radius 3 is 2.44 bits per heavy atom. The Morgan fingerprint density at radius 2 is 1.89 bits per heavy atom. The fourth-order valence-corrected chi connectivity index (χ4v) is 2.75. The summed E-state index contributed by atoms with van der Waals surface area (Å²) < 4.78 is 40.0. The number of nitrogens with two attached hydrogens (primary N) is 1. The molecule has 1 heterocycles. The van der Waals surface area contributed by atoms with Crippen molar-refractivity contribution in [2.45, 2.75) is 4.90 Å². The molecule has 0 fully saturated rings. The van der Waals surface area contributed by atoms with Crippen molar-refractivity contribution >= 4 is 34.5 Å². The number of primary amides is 1. The number of ether oxygens (including phenoxy) is 3. The van der Waals surface area contributed by atoms with Crippen molar-refractivity contribution in [3.63, 3.8) is 0 Å². The van der Waals surface area contributed by atoms with Gasteiger partial charge in [-0.3, -0.25) is 0 Å². The SMILES string of the molecule is COCCOc1cc(Oc2ccc(S(C)(=O)=O)cc2)cnc1N(S)C(N)=O. The molecule has 0 saturated heterocycles. The Morgan fingerprint density at radius 1 is 1.22 bits per heavy atom. The maximum atomic E-state index is 11.5. The lowest BCUT2D eigenvalue weighted by Gasteiger charge is -2.17. The molecular weight excluding hydrogens is 394 g/mol. The van der Waals surface area contributed by atoms with Crippen LogP contribution in [0.5, 0.6) is 17.2 Å². The van der Waals surface area contributed by atoms with Crippen LogP contribution in [0.25, 0.3) is 0 Å². The normalized spacial score (nSPS) is 11.1. The highest BCUT2D eigenvalue weighted by Crippen LogP contribution is 2.33. The molecule has 0 bridgehead atoms. The largest absolute Gasteiger partial charge is 0.487 e. The Labute approximate surface area is 162 Å². The lowest BCUT2D eigenvalue weighted by Crippen LogP contribution is -2.28. The molecule has 2 aromatic rings. The minimum atomic E-state index is -3.29. The van der Waals surface area contributed by atoms with Gasteiger partial charge in [0.25, 0.3) is 0 Å². The van der Waals surface area contributed by atoms with Crippen LogP contribution in [0, 0.1) is 0 Å². The summed E-state index contributed by atoms with van der Waals surface area (Å²) in [6.45, 7) is 0.526. The summed E-state index contributed by atoms with van der Waals surface area (Å²) in [5.41, 5.74) is 5.21. The van der Waals surface area contributed by atoms with Gasteiger partial charge < -0.3 is 19.9 Å². The van der Waals surface area contributed by atoms with E-state index in [1.54, 1.807) is 0 Å². The number of anilines is 1. The van der Waals surface area contributed by atoms with E-state index in [2.05, 4.69) is 17.8 Å². The van der Waals surface area contributed by atoms with E-state index < -0.39 is 15.9 Å². The van der Waals surface area contributed by atoms with Crippen molar-refractivity contribution in [3.8, 4) is 17.2 Å². The highest BCUT2D eigenvalue weighted by atomic mass is 32.2. The van der Waals surface area contributed by atoms with E-state index >= 15 is 0 Å². The molecule has 1 aromatic carbocycles. The first kappa shape index (κ1) is 20.8. The van der Waals surface area contributed by atoms with Gasteiger partial charge in [-0.15, -0.1) is 0 Å². The van der Waals surface area contributed by atoms with Crippen molar-refractivity contribution in [2.24, 2.45) is 5.73 Å². The summed E-state index contributed by atoms with van der Waals surface area (Å²) in [7, 11) is -1.77. The van der Waals surface area contributed by atoms with Crippen molar-refractivity contribution in [2.75, 3.05) is 30.9 Å². The van der Waals surface area contributed by atoms with Crippen molar-refractivity contribution in [1.82, 2.24) is 4.98 Å². The molecule has 0 unspecified atom stereocenters. The van der Waals surface area contributed by atoms with Crippen LogP contribution in [0.15, 0.2) is 41.4 Å². The molecule has 2 rings (SSSR count). The molecule has 0 aliphatic heterocycles. The van der Waals surface area contributed by atoms with Gasteiger partial charge in [0, 0.05) is 19.4 Å². The second-order valence-electron chi connectivity index (χ2n) is 5.33. The summed E-state index contributed by atoms with van der Waals surface area (Å²) in [5, 5.41) is 0. The van der Waals surface area contributed by atoms with E-state index in [1.807, 2.05) is 0 Å². The molecule has 2 N–H and O–H groups in total. The topological polar surface area (TPSA) is 121 Å². The van der Waals surface area contributed by atoms with Gasteiger partial charge in [0.2, 0.25) is 0 Å². The van der Waals surface area contributed by atoms with Gasteiger partial charge in [-0.05, 0) is 24.3 Å². The summed E-state index contributed by atoms with van der Waals surface area (Å²) >= 11 is 3.99. The lowest BCUT2D eigenvalue weighted by molar-refractivity contribution is 0.146. The predicted octanol–water partition coefficient (Wildman–Crippen LogP) is 2.03. The number of aromatic nitrogens is 1. The molecule has 146 valence electrons. The number of hydrogen-bond acceptors (Lipinski definition) is 8. The number of benzene rings is 1. The molecule has 27 heavy (non-hydrogen) atoms. The molecule has 11 heteroatoms. The number of rotatable bonds is 8. The third kappa shape index (κ3) is 5.74. The minimum Gasteiger partial charge on any atom is -0.487 e. The van der Waals surface area contributed by atoms with Gasteiger partial charge in [0.15, 0.2) is 21.4 Å². The van der Waals surface area contributed by atoms with Gasteiger partial charge in [-0.1, -0.05) is 12.8 Å². The summed E-state index contributed by atoms with van der Waals surface area (Å²) in [4.78, 5) is 15.6. The molecule has 1 aromatic heterocycles. The maximum absolute atomic E-state index is 11.5. The van der Waals surface area contributed by atoms with Crippen LogP contribution < -0.4 is 19.5 Å². The Hall–Kier alpha value is -2.50. The molecule has 0 aliphatic carbocycles. The molecule has 0 radical (unpaired) electrons. The van der Waals surface area contributed by atoms with Crippen LogP contribution in [0.1, 0.15) is 0 Å². The lowest BCUT2D eigenvalue weighted by atomic mass is 10.3. The first-order valence-electron chi connectivity index (χ1n) is 7.60. The van der Waals surface area contributed by atoms with Crippen LogP contribution in [0.2, 0.25) is 0 Å². The van der Waals surface area contributed by atoms with Crippen molar-refractivity contribution in [3.05, 3.63) is 36.5 Å². The quantitative estimate of drug-likeness (QED) is 0.502. The number of methoxy groups -OCH3 is 1. The molecule has 0 spiro atoms. The number of sulfone groups is 1. The second-order valence-corrected chi connectivity index (χ2v) is 7.75. The molecular formula is C16H19N3O6S2. The molecule has 9 nitrogen and oxygen atoms in total. The van der Waals surface area contributed by atoms with Crippen LogP contribution in [0.4, 0.5) is 10.6 Å². The van der Waals surface area contributed by atoms with E-state index in [1.165, 1.54) is 43.6 Å². The standard InChI is InChI=1S/C16H19N3O6S2/c1-23-7-8-24-14-9-12(10-18-15(14)19(26)16(17)20)25-11-3-5-13(6-4-11)27(2,21)22/h3-6,9-10,26H,7-8H2,1-2H3,(H2,17,20). The molecule has 0 aliphatic rings. The smallest absolute Gasteiger partial charge is 0.330 e. The highest BCUT2D eigenvalue weighted by Gasteiger charge is 2.17. The molecule has 2 amide bonds. The van der Waals surface area contributed by atoms with E-state index in [-0.39, 0.29) is 23.1 Å². The number of carbonyl (C=O) groups is 1. The maximum Gasteiger partial charge on any atom is 0.330 e. The summed E-state index contributed by atoms with van der Waals surface area (Å²) in [5.74, 6) is 1.02. The Kier molecular flexibility index (Phi) is 6.88. The number of amides is 2. The van der Waals surface area contributed by atoms with E-state index in [4.69, 9.17) is 19.9 Å². The second kappa shape index (κ2) is 8.93. The van der Waals surface area contributed by atoms with Crippen molar-refractivity contribution in [1.29, 1.82) is 0 Å². The average Bonchev–Trinajstić information content (AvgIpc) is 2.61. The summed E-state index contributed by atoms with van der Waals surface area (Å²) in [6.07, 6.45) is 2.48. The van der Waals surface area contributed by atoms with Crippen LogP contribution >= 0.6 is 12.8 Å². The van der Waals surface area contributed by atoms with Crippen LogP contribution in [-0.2, 0) is 14.6 Å². The van der Waals surface area contributed by atoms with Crippen LogP contribution in [-0.4, -0.2) is 46.0 Å². The number of urea groups is 1. The fourth-order valence-electron chi connectivity index (χ4n) is 1.97. The van der Waals surface area contributed by atoms with E-state index in [0.717, 1.165) is 10.6 Å². The van der Waals surface area contributed by atoms with Gasteiger partial charge in [-0.25, -0.2) is 22.5 Å². The number of carbonyl (C=O) groups excluding carboxylic acids is 1. The zero-order valence-corrected chi connectivity index (χ0v) is 16.4. The zero-order chi connectivity index (χ0) is 20.0. The predicted molar refractivity (Wildman–Crippen MR) is 102 cm³/mol. The first-order valence-corrected chi connectivity index (χ1v) is 9.89. The third-order valence-corrected chi connectivity index (χ3v) is 4.76. The fraction of sp³-hybridized carbons (Fsp3) is 0.250. The van der Waals surface area contributed by atoms with Crippen molar-refractivity contribution < 1.29 is 27.4 Å². The molecule has 0 saturated carbocycles. The Balaban J connectivity index is 2.26. The number of thiol groups is 1. The van der Waals surface area contributed by atoms with E-state index in [0.29, 0.717) is 18.1 Å². The average molecular weight is 413 g/mol. The van der Waals surface area contributed by atoms with Gasteiger partial charge in [-0.2, -0.15) is 0 Å². The Bertz CT molecular complexity index is 903. The third-order valence-electron chi connectivity index (χ3n) is 3.25. The minimum absolute atomic E-state index is 0.0988. The highest BCUT2D eigenvalue weighted by molar-refractivity contribution is 7.90. The monoisotopic (exact) mass is 413 g/mol. The molecule has 0 atom stereocenters. The van der Waals surface area contributed by atoms with Gasteiger partial charge >= 0.3 is 6.03 Å². The van der Waals surface area contributed by atoms with Gasteiger partial charge in [0.1, 0.15) is 18.1 Å². The summed E-state index contributed by atoms with van der Waals surface area (Å²) in [6, 6.07) is 6.59. The first-order chi connectivity index (χ1) is 12.7. The van der Waals surface area contributed by atoms with Crippen LogP contribution in [0.3, 0.4) is 0 Å². The zero-order valence-electron chi connectivity index (χ0n) is 14.7.